The number of carboxylic acids is 1. The van der Waals surface area contributed by atoms with E-state index in [-0.39, 0.29) is 0 Å². The number of ether oxygens (including phenoxy) is 1. The zero-order chi connectivity index (χ0) is 22.8. The predicted octanol–water partition coefficient (Wildman–Crippen LogP) is 4.65. The summed E-state index contributed by atoms with van der Waals surface area (Å²) in [6, 6.07) is 17.7. The quantitative estimate of drug-likeness (QED) is 0.413. The first-order chi connectivity index (χ1) is 15.6. The van der Waals surface area contributed by atoms with Crippen molar-refractivity contribution in [2.24, 2.45) is 0 Å². The molecule has 0 spiro atoms. The van der Waals surface area contributed by atoms with E-state index in [1.54, 1.807) is 36.3 Å². The highest BCUT2D eigenvalue weighted by Gasteiger charge is 2.22. The number of benzene rings is 2. The van der Waals surface area contributed by atoms with Crippen LogP contribution in [0.5, 0.6) is 5.75 Å². The number of hydrogen-bond donors (Lipinski definition) is 2. The minimum Gasteiger partial charge on any atom is -0.487 e. The number of carbonyl (C=O) groups excluding carboxylic acids is 1. The molecular formula is C25H26N2O4S. The third-order valence-corrected chi connectivity index (χ3v) is 5.74. The van der Waals surface area contributed by atoms with Gasteiger partial charge in [0.05, 0.1) is 6.20 Å². The summed E-state index contributed by atoms with van der Waals surface area (Å²) in [6.45, 7) is 2.34. The second-order valence-electron chi connectivity index (χ2n) is 7.07. The Kier molecular flexibility index (Phi) is 8.69. The number of hydrogen-bond acceptors (Lipinski definition) is 5. The number of aromatic nitrogens is 1. The summed E-state index contributed by atoms with van der Waals surface area (Å²) in [5.41, 5.74) is 2.91. The van der Waals surface area contributed by atoms with Crippen molar-refractivity contribution in [1.29, 1.82) is 0 Å². The Balaban J connectivity index is 1.83. The first-order valence-corrected chi connectivity index (χ1v) is 11.6. The van der Waals surface area contributed by atoms with Crippen molar-refractivity contribution in [3.8, 4) is 16.9 Å². The fourth-order valence-corrected chi connectivity index (χ4v) is 3.86. The molecule has 0 radical (unpaired) electrons. The fourth-order valence-electron chi connectivity index (χ4n) is 3.17. The van der Waals surface area contributed by atoms with Crippen LogP contribution >= 0.6 is 11.8 Å². The molecule has 166 valence electrons. The summed E-state index contributed by atoms with van der Waals surface area (Å²) >= 11 is 1.65. The lowest BCUT2D eigenvalue weighted by Crippen LogP contribution is -2.41. The zero-order valence-corrected chi connectivity index (χ0v) is 18.7. The van der Waals surface area contributed by atoms with Gasteiger partial charge in [0, 0.05) is 11.8 Å². The van der Waals surface area contributed by atoms with Crippen LogP contribution in [0, 0.1) is 0 Å². The van der Waals surface area contributed by atoms with E-state index in [1.165, 1.54) is 0 Å². The molecule has 2 aromatic carbocycles. The molecule has 3 aromatic rings. The van der Waals surface area contributed by atoms with Crippen molar-refractivity contribution >= 4 is 23.6 Å². The van der Waals surface area contributed by atoms with Crippen LogP contribution in [0.15, 0.2) is 73.1 Å². The van der Waals surface area contributed by atoms with Gasteiger partial charge in [-0.1, -0.05) is 43.3 Å². The lowest BCUT2D eigenvalue weighted by molar-refractivity contribution is -0.139. The van der Waals surface area contributed by atoms with E-state index in [0.717, 1.165) is 22.4 Å². The molecular weight excluding hydrogens is 424 g/mol. The van der Waals surface area contributed by atoms with E-state index in [0.29, 0.717) is 30.1 Å². The number of nitrogens with one attached hydrogen (secondary N) is 1. The second-order valence-corrected chi connectivity index (χ2v) is 8.47. The van der Waals surface area contributed by atoms with Gasteiger partial charge < -0.3 is 15.2 Å². The maximum absolute atomic E-state index is 13.1. The molecule has 0 aliphatic carbocycles. The summed E-state index contributed by atoms with van der Waals surface area (Å²) in [4.78, 5) is 28.7. The lowest BCUT2D eigenvalue weighted by Gasteiger charge is -2.17. The molecule has 0 fully saturated rings. The minimum absolute atomic E-state index is 0.319. The molecule has 6 nitrogen and oxygen atoms in total. The van der Waals surface area contributed by atoms with Crippen LogP contribution in [0.4, 0.5) is 0 Å². The summed E-state index contributed by atoms with van der Waals surface area (Å²) < 4.78 is 5.79. The fraction of sp³-hybridized carbons (Fsp3) is 0.240. The van der Waals surface area contributed by atoms with Crippen molar-refractivity contribution < 1.29 is 19.4 Å². The third-order valence-electron chi connectivity index (χ3n) is 4.81. The van der Waals surface area contributed by atoms with E-state index < -0.39 is 17.9 Å². The van der Waals surface area contributed by atoms with E-state index in [1.807, 2.05) is 55.5 Å². The summed E-state index contributed by atoms with van der Waals surface area (Å²) in [7, 11) is 0. The molecule has 2 N–H and O–H groups in total. The Bertz CT molecular complexity index is 1030. The number of nitrogens with zero attached hydrogens (tertiary/aromatic N) is 1. The van der Waals surface area contributed by atoms with E-state index >= 15 is 0 Å². The zero-order valence-electron chi connectivity index (χ0n) is 17.9. The molecule has 3 rings (SSSR count). The standard InChI is InChI=1S/C25H26N2O4S/c1-2-32-14-12-23(25(29)30)27-24(28)21-11-10-18(17-31-20-9-6-13-26-16-20)15-22(21)19-7-4-3-5-8-19/h3-11,13,15-16,23H,2,12,14,17H2,1H3,(H,27,28)(H,29,30). The van der Waals surface area contributed by atoms with Crippen molar-refractivity contribution in [3.63, 3.8) is 0 Å². The highest BCUT2D eigenvalue weighted by molar-refractivity contribution is 7.99. The van der Waals surface area contributed by atoms with E-state index in [4.69, 9.17) is 4.74 Å². The molecule has 1 amide bonds. The molecule has 1 heterocycles. The number of aliphatic carboxylic acids is 1. The summed E-state index contributed by atoms with van der Waals surface area (Å²) in [5.74, 6) is 0.797. The van der Waals surface area contributed by atoms with Gasteiger partial charge in [-0.05, 0) is 58.9 Å². The number of thioether (sulfide) groups is 1. The second kappa shape index (κ2) is 11.9. The topological polar surface area (TPSA) is 88.5 Å². The summed E-state index contributed by atoms with van der Waals surface area (Å²) in [5, 5.41) is 12.2. The lowest BCUT2D eigenvalue weighted by atomic mass is 9.96. The first-order valence-electron chi connectivity index (χ1n) is 10.4. The van der Waals surface area contributed by atoms with Gasteiger partial charge in [0.2, 0.25) is 0 Å². The summed E-state index contributed by atoms with van der Waals surface area (Å²) in [6.07, 6.45) is 3.69. The van der Waals surface area contributed by atoms with Gasteiger partial charge in [-0.3, -0.25) is 9.78 Å². The van der Waals surface area contributed by atoms with Gasteiger partial charge in [-0.2, -0.15) is 11.8 Å². The molecule has 32 heavy (non-hydrogen) atoms. The van der Waals surface area contributed by atoms with Crippen molar-refractivity contribution in [2.45, 2.75) is 26.0 Å². The van der Waals surface area contributed by atoms with E-state index in [2.05, 4.69) is 10.3 Å². The molecule has 1 atom stereocenters. The largest absolute Gasteiger partial charge is 0.487 e. The van der Waals surface area contributed by atoms with Gasteiger partial charge in [0.15, 0.2) is 0 Å². The average Bonchev–Trinajstić information content (AvgIpc) is 2.83. The first kappa shape index (κ1) is 23.3. The SMILES string of the molecule is CCSCCC(NC(=O)c1ccc(COc2cccnc2)cc1-c1ccccc1)C(=O)O. The van der Waals surface area contributed by atoms with Gasteiger partial charge in [-0.25, -0.2) is 4.79 Å². The Morgan fingerprint density at radius 2 is 1.94 bits per heavy atom. The average molecular weight is 451 g/mol. The van der Waals surface area contributed by atoms with Crippen LogP contribution in [0.25, 0.3) is 11.1 Å². The normalized spacial score (nSPS) is 11.5. The molecule has 0 saturated carbocycles. The number of carbonyl (C=O) groups is 2. The van der Waals surface area contributed by atoms with Crippen LogP contribution < -0.4 is 10.1 Å². The van der Waals surface area contributed by atoms with Gasteiger partial charge in [0.1, 0.15) is 18.4 Å². The molecule has 1 aromatic heterocycles. The number of rotatable bonds is 11. The molecule has 0 bridgehead atoms. The predicted molar refractivity (Wildman–Crippen MR) is 127 cm³/mol. The number of carboxylic acid groups (broad SMARTS) is 1. The monoisotopic (exact) mass is 450 g/mol. The maximum atomic E-state index is 13.1. The number of pyridine rings is 1. The Hall–Kier alpha value is -3.32. The molecule has 0 aliphatic heterocycles. The highest BCUT2D eigenvalue weighted by Crippen LogP contribution is 2.26. The third kappa shape index (κ3) is 6.59. The molecule has 7 heteroatoms. The smallest absolute Gasteiger partial charge is 0.326 e. The van der Waals surface area contributed by atoms with Crippen LogP contribution in [-0.4, -0.2) is 39.5 Å². The van der Waals surface area contributed by atoms with Gasteiger partial charge in [-0.15, -0.1) is 0 Å². The van der Waals surface area contributed by atoms with Crippen molar-refractivity contribution in [1.82, 2.24) is 10.3 Å². The van der Waals surface area contributed by atoms with Gasteiger partial charge >= 0.3 is 5.97 Å². The van der Waals surface area contributed by atoms with Crippen LogP contribution in [0.3, 0.4) is 0 Å². The minimum atomic E-state index is -1.03. The Labute approximate surface area is 192 Å². The van der Waals surface area contributed by atoms with Crippen LogP contribution in [0.1, 0.15) is 29.3 Å². The van der Waals surface area contributed by atoms with Crippen molar-refractivity contribution in [2.75, 3.05) is 11.5 Å². The number of amides is 1. The Morgan fingerprint density at radius 3 is 2.62 bits per heavy atom. The Morgan fingerprint density at radius 1 is 1.12 bits per heavy atom. The van der Waals surface area contributed by atoms with E-state index in [9.17, 15) is 14.7 Å². The highest BCUT2D eigenvalue weighted by atomic mass is 32.2. The van der Waals surface area contributed by atoms with Crippen LogP contribution in [0.2, 0.25) is 0 Å². The van der Waals surface area contributed by atoms with Crippen molar-refractivity contribution in [3.05, 3.63) is 84.2 Å². The van der Waals surface area contributed by atoms with Gasteiger partial charge in [0.25, 0.3) is 5.91 Å². The maximum Gasteiger partial charge on any atom is 0.326 e. The molecule has 0 saturated heterocycles. The molecule has 1 unspecified atom stereocenters. The van der Waals surface area contributed by atoms with Crippen LogP contribution in [-0.2, 0) is 11.4 Å². The molecule has 0 aliphatic rings.